The molecule has 4 rings (SSSR count). The van der Waals surface area contributed by atoms with Crippen molar-refractivity contribution in [2.45, 2.75) is 50.3 Å². The summed E-state index contributed by atoms with van der Waals surface area (Å²) in [4.78, 5) is 60.3. The molecule has 2 aromatic rings. The Morgan fingerprint density at radius 1 is 0.848 bits per heavy atom. The first-order valence-corrected chi connectivity index (χ1v) is 11.8. The van der Waals surface area contributed by atoms with Crippen molar-refractivity contribution in [3.8, 4) is 0 Å². The number of hydrogen-bond acceptors (Lipinski definition) is 9. The highest BCUT2D eigenvalue weighted by molar-refractivity contribution is 7.47. The van der Waals surface area contributed by atoms with Crippen molar-refractivity contribution in [1.82, 2.24) is 19.1 Å². The highest BCUT2D eigenvalue weighted by Crippen LogP contribution is 2.45. The molecule has 0 radical (unpaired) electrons. The maximum atomic E-state index is 12.2. The second-order valence-corrected chi connectivity index (χ2v) is 9.13. The van der Waals surface area contributed by atoms with Crippen LogP contribution in [0.15, 0.2) is 43.7 Å². The third kappa shape index (κ3) is 5.85. The summed E-state index contributed by atoms with van der Waals surface area (Å²) in [5, 5.41) is 0. The normalized spacial score (nSPS) is 25.5. The second-order valence-electron chi connectivity index (χ2n) is 7.68. The fraction of sp³-hybridized carbons (Fsp3) is 0.556. The second kappa shape index (κ2) is 9.71. The molecule has 33 heavy (non-hydrogen) atoms. The van der Waals surface area contributed by atoms with Crippen LogP contribution >= 0.6 is 7.82 Å². The van der Waals surface area contributed by atoms with Gasteiger partial charge in [-0.05, 0) is 25.7 Å². The standard InChI is InChI=1S/C18H23N4O10P/c23-13-5-7-21(17(25)19-13)15-3-1-11(31-15)9-29-33(27,28)30-10-12-2-4-16(32-12)22-8-6-14(24)20-18(22)26/h5-8,11-12,15-16H,1-4,9-10H2,(H,27,28)(H,19,23,25)(H,20,24,26)/t11-,12-,15+,16+/m0/s1. The lowest BCUT2D eigenvalue weighted by molar-refractivity contribution is -0.0375. The van der Waals surface area contributed by atoms with E-state index in [1.807, 2.05) is 0 Å². The molecule has 2 fully saturated rings. The summed E-state index contributed by atoms with van der Waals surface area (Å²) in [7, 11) is -4.41. The van der Waals surface area contributed by atoms with Gasteiger partial charge in [-0.2, -0.15) is 0 Å². The van der Waals surface area contributed by atoms with Gasteiger partial charge in [0.2, 0.25) is 0 Å². The topological polar surface area (TPSA) is 184 Å². The number of phosphoric ester groups is 1. The number of nitrogens with one attached hydrogen (secondary N) is 2. The van der Waals surface area contributed by atoms with Gasteiger partial charge in [-0.3, -0.25) is 37.7 Å². The zero-order valence-corrected chi connectivity index (χ0v) is 18.2. The van der Waals surface area contributed by atoms with Gasteiger partial charge in [0, 0.05) is 24.5 Å². The van der Waals surface area contributed by atoms with Crippen molar-refractivity contribution in [2.75, 3.05) is 13.2 Å². The third-order valence-corrected chi connectivity index (χ3v) is 6.29. The average Bonchev–Trinajstić information content (AvgIpc) is 3.41. The summed E-state index contributed by atoms with van der Waals surface area (Å²) in [5.41, 5.74) is -2.25. The van der Waals surface area contributed by atoms with Gasteiger partial charge in [0.15, 0.2) is 0 Å². The summed E-state index contributed by atoms with van der Waals surface area (Å²) in [5.74, 6) is 0. The largest absolute Gasteiger partial charge is 0.472 e. The first-order valence-electron chi connectivity index (χ1n) is 10.3. The Labute approximate surface area is 185 Å². The smallest absolute Gasteiger partial charge is 0.352 e. The summed E-state index contributed by atoms with van der Waals surface area (Å²) in [6, 6.07) is 2.40. The number of rotatable bonds is 8. The summed E-state index contributed by atoms with van der Waals surface area (Å²) in [6.45, 7) is -0.466. The number of ether oxygens (including phenoxy) is 2. The Hall–Kier alpha value is -2.61. The molecule has 2 aliphatic rings. The van der Waals surface area contributed by atoms with Gasteiger partial charge >= 0.3 is 19.2 Å². The zero-order valence-electron chi connectivity index (χ0n) is 17.3. The molecule has 4 heterocycles. The minimum Gasteiger partial charge on any atom is -0.352 e. The SMILES string of the molecule is O=c1ccn([C@H]2CC[C@@H](COP(=O)(O)OC[C@@H]3CC[C@H](n4ccc(=O)[nH]c4=O)O3)O2)c(=O)[nH]1. The fourth-order valence-electron chi connectivity index (χ4n) is 3.73. The average molecular weight is 486 g/mol. The van der Waals surface area contributed by atoms with Crippen LogP contribution in [0, 0.1) is 0 Å². The van der Waals surface area contributed by atoms with Gasteiger partial charge in [-0.1, -0.05) is 0 Å². The van der Waals surface area contributed by atoms with Gasteiger partial charge in [-0.25, -0.2) is 14.2 Å². The van der Waals surface area contributed by atoms with Gasteiger partial charge in [0.05, 0.1) is 25.4 Å². The molecule has 2 aromatic heterocycles. The third-order valence-electron chi connectivity index (χ3n) is 5.34. The monoisotopic (exact) mass is 486 g/mol. The van der Waals surface area contributed by atoms with Crippen LogP contribution in [0.1, 0.15) is 38.1 Å². The molecule has 4 atom stereocenters. The van der Waals surface area contributed by atoms with E-state index in [1.54, 1.807) is 0 Å². The highest BCUT2D eigenvalue weighted by atomic mass is 31.2. The van der Waals surface area contributed by atoms with Crippen molar-refractivity contribution in [3.05, 3.63) is 66.2 Å². The quantitative estimate of drug-likeness (QED) is 0.414. The molecular weight excluding hydrogens is 463 g/mol. The molecular formula is C18H23N4O10P. The number of phosphoric acid groups is 1. The minimum atomic E-state index is -4.41. The molecule has 0 aromatic carbocycles. The molecule has 0 amide bonds. The van der Waals surface area contributed by atoms with E-state index in [0.717, 1.165) is 0 Å². The van der Waals surface area contributed by atoms with Crippen molar-refractivity contribution in [3.63, 3.8) is 0 Å². The van der Waals surface area contributed by atoms with E-state index in [2.05, 4.69) is 9.97 Å². The van der Waals surface area contributed by atoms with Crippen LogP contribution in [0.5, 0.6) is 0 Å². The van der Waals surface area contributed by atoms with E-state index in [-0.39, 0.29) is 13.2 Å². The fourth-order valence-corrected chi connectivity index (χ4v) is 4.51. The van der Waals surface area contributed by atoms with E-state index in [0.29, 0.717) is 25.7 Å². The molecule has 15 heteroatoms. The maximum absolute atomic E-state index is 12.2. The molecule has 2 saturated heterocycles. The molecule has 0 unspecified atom stereocenters. The van der Waals surface area contributed by atoms with Crippen LogP contribution in [0.2, 0.25) is 0 Å². The molecule has 0 aliphatic carbocycles. The number of nitrogens with zero attached hydrogens (tertiary/aromatic N) is 2. The predicted molar refractivity (Wildman–Crippen MR) is 111 cm³/mol. The lowest BCUT2D eigenvalue weighted by Crippen LogP contribution is -2.32. The Morgan fingerprint density at radius 2 is 1.27 bits per heavy atom. The number of aromatic amines is 2. The summed E-state index contributed by atoms with van der Waals surface area (Å²) < 4.78 is 36.1. The van der Waals surface area contributed by atoms with Gasteiger partial charge < -0.3 is 14.4 Å². The lowest BCUT2D eigenvalue weighted by Gasteiger charge is -2.19. The van der Waals surface area contributed by atoms with Crippen LogP contribution < -0.4 is 22.5 Å². The molecule has 2 aliphatic heterocycles. The Bertz CT molecular complexity index is 1170. The number of H-pyrrole nitrogens is 2. The van der Waals surface area contributed by atoms with E-state index < -0.39 is 55.0 Å². The van der Waals surface area contributed by atoms with Crippen LogP contribution in [0.4, 0.5) is 0 Å². The van der Waals surface area contributed by atoms with Gasteiger partial charge in [-0.15, -0.1) is 0 Å². The van der Waals surface area contributed by atoms with Crippen LogP contribution in [-0.4, -0.2) is 49.4 Å². The Morgan fingerprint density at radius 3 is 1.67 bits per heavy atom. The minimum absolute atomic E-state index is 0.233. The van der Waals surface area contributed by atoms with Gasteiger partial charge in [0.1, 0.15) is 12.5 Å². The van der Waals surface area contributed by atoms with E-state index in [9.17, 15) is 28.6 Å². The molecule has 14 nitrogen and oxygen atoms in total. The molecule has 0 saturated carbocycles. The van der Waals surface area contributed by atoms with Crippen molar-refractivity contribution >= 4 is 7.82 Å². The van der Waals surface area contributed by atoms with E-state index >= 15 is 0 Å². The first kappa shape index (κ1) is 23.5. The Kier molecular flexibility index (Phi) is 6.93. The maximum Gasteiger partial charge on any atom is 0.472 e. The summed E-state index contributed by atoms with van der Waals surface area (Å²) >= 11 is 0. The molecule has 3 N–H and O–H groups in total. The predicted octanol–water partition coefficient (Wildman–Crippen LogP) is -0.424. The van der Waals surface area contributed by atoms with Crippen LogP contribution in [0.3, 0.4) is 0 Å². The van der Waals surface area contributed by atoms with Crippen molar-refractivity contribution in [2.24, 2.45) is 0 Å². The van der Waals surface area contributed by atoms with Gasteiger partial charge in [0.25, 0.3) is 11.1 Å². The van der Waals surface area contributed by atoms with E-state index in [4.69, 9.17) is 18.5 Å². The Balaban J connectivity index is 1.23. The van der Waals surface area contributed by atoms with E-state index in [1.165, 1.54) is 33.7 Å². The summed E-state index contributed by atoms with van der Waals surface area (Å²) in [6.07, 6.45) is 2.17. The van der Waals surface area contributed by atoms with Crippen molar-refractivity contribution in [1.29, 1.82) is 0 Å². The zero-order chi connectivity index (χ0) is 23.6. The van der Waals surface area contributed by atoms with Crippen LogP contribution in [0.25, 0.3) is 0 Å². The molecule has 0 bridgehead atoms. The number of hydrogen-bond donors (Lipinski definition) is 3. The van der Waals surface area contributed by atoms with Crippen LogP contribution in [-0.2, 0) is 23.1 Å². The molecule has 180 valence electrons. The lowest BCUT2D eigenvalue weighted by atomic mass is 10.2. The molecule has 0 spiro atoms. The van der Waals surface area contributed by atoms with Crippen molar-refractivity contribution < 1.29 is 28.0 Å². The number of aromatic nitrogens is 4. The first-order chi connectivity index (χ1) is 15.7. The highest BCUT2D eigenvalue weighted by Gasteiger charge is 2.33.